The molecule has 5 heteroatoms. The number of hydrogen-bond donors (Lipinski definition) is 0. The highest BCUT2D eigenvalue weighted by atomic mass is 35.5. The van der Waals surface area contributed by atoms with Crippen molar-refractivity contribution < 1.29 is 0 Å². The van der Waals surface area contributed by atoms with Gasteiger partial charge in [-0.2, -0.15) is 0 Å². The van der Waals surface area contributed by atoms with Gasteiger partial charge in [0.15, 0.2) is 5.16 Å². The van der Waals surface area contributed by atoms with E-state index in [1.165, 1.54) is 0 Å². The topological polar surface area (TPSA) is 25.8 Å². The summed E-state index contributed by atoms with van der Waals surface area (Å²) in [6.45, 7) is 0. The summed E-state index contributed by atoms with van der Waals surface area (Å²) in [7, 11) is 0. The Morgan fingerprint density at radius 3 is 2.36 bits per heavy atom. The van der Waals surface area contributed by atoms with Crippen molar-refractivity contribution in [1.29, 1.82) is 0 Å². The lowest BCUT2D eigenvalue weighted by Crippen LogP contribution is -1.91. The summed E-state index contributed by atoms with van der Waals surface area (Å²) in [5, 5.41) is 2.15. The number of hydrogen-bond acceptors (Lipinski definition) is 3. The predicted molar refractivity (Wildman–Crippen MR) is 93.5 cm³/mol. The molecular weight excluding hydrogens is 335 g/mol. The molecule has 0 fully saturated rings. The molecule has 0 radical (unpaired) electrons. The Labute approximate surface area is 143 Å². The molecule has 1 aromatic heterocycles. The van der Waals surface area contributed by atoms with Crippen molar-refractivity contribution in [1.82, 2.24) is 9.97 Å². The molecule has 2 nitrogen and oxygen atoms in total. The van der Waals surface area contributed by atoms with Crippen LogP contribution in [-0.4, -0.2) is 9.97 Å². The number of halogens is 2. The van der Waals surface area contributed by atoms with Gasteiger partial charge in [-0.25, -0.2) is 9.97 Å². The maximum absolute atomic E-state index is 6.22. The van der Waals surface area contributed by atoms with Crippen molar-refractivity contribution in [2.75, 3.05) is 0 Å². The first-order valence-electron chi connectivity index (χ1n) is 6.68. The van der Waals surface area contributed by atoms with E-state index in [0.717, 1.165) is 27.6 Å². The van der Waals surface area contributed by atoms with Crippen molar-refractivity contribution in [2.45, 2.75) is 10.9 Å². The molecule has 0 atom stereocenters. The van der Waals surface area contributed by atoms with Gasteiger partial charge in [0.1, 0.15) is 0 Å². The van der Waals surface area contributed by atoms with Gasteiger partial charge in [-0.15, -0.1) is 0 Å². The monoisotopic (exact) mass is 346 g/mol. The van der Waals surface area contributed by atoms with E-state index in [1.54, 1.807) is 18.0 Å². The van der Waals surface area contributed by atoms with E-state index in [9.17, 15) is 0 Å². The molecule has 1 heterocycles. The van der Waals surface area contributed by atoms with Crippen molar-refractivity contribution >= 4 is 35.0 Å². The quantitative estimate of drug-likeness (QED) is 0.444. The highest BCUT2D eigenvalue weighted by Gasteiger charge is 2.07. The number of aromatic nitrogens is 2. The van der Waals surface area contributed by atoms with E-state index in [0.29, 0.717) is 10.2 Å². The zero-order valence-electron chi connectivity index (χ0n) is 11.5. The number of benzene rings is 2. The largest absolute Gasteiger partial charge is 0.231 e. The van der Waals surface area contributed by atoms with Gasteiger partial charge in [0.25, 0.3) is 0 Å². The second kappa shape index (κ2) is 7.14. The second-order valence-corrected chi connectivity index (χ2v) is 6.34. The average Bonchev–Trinajstić information content (AvgIpc) is 2.55. The Kier molecular flexibility index (Phi) is 4.98. The normalized spacial score (nSPS) is 10.6. The summed E-state index contributed by atoms with van der Waals surface area (Å²) >= 11 is 13.9. The summed E-state index contributed by atoms with van der Waals surface area (Å²) < 4.78 is 0. The molecule has 22 heavy (non-hydrogen) atoms. The highest BCUT2D eigenvalue weighted by molar-refractivity contribution is 7.98. The Morgan fingerprint density at radius 1 is 0.864 bits per heavy atom. The fourth-order valence-corrected chi connectivity index (χ4v) is 3.34. The Balaban J connectivity index is 1.80. The van der Waals surface area contributed by atoms with Gasteiger partial charge in [-0.1, -0.05) is 71.4 Å². The average molecular weight is 347 g/mol. The second-order valence-electron chi connectivity index (χ2n) is 4.58. The fraction of sp³-hybridized carbons (Fsp3) is 0.0588. The number of thioether (sulfide) groups is 1. The van der Waals surface area contributed by atoms with Gasteiger partial charge in [0.2, 0.25) is 0 Å². The van der Waals surface area contributed by atoms with Crippen LogP contribution in [0.1, 0.15) is 5.56 Å². The lowest BCUT2D eigenvalue weighted by Gasteiger charge is -2.06. The summed E-state index contributed by atoms with van der Waals surface area (Å²) in [6, 6.07) is 17.3. The Morgan fingerprint density at radius 2 is 1.59 bits per heavy atom. The lowest BCUT2D eigenvalue weighted by molar-refractivity contribution is 0.972. The van der Waals surface area contributed by atoms with Crippen LogP contribution in [0.5, 0.6) is 0 Å². The van der Waals surface area contributed by atoms with Crippen LogP contribution >= 0.6 is 35.0 Å². The van der Waals surface area contributed by atoms with Crippen molar-refractivity contribution in [2.24, 2.45) is 0 Å². The van der Waals surface area contributed by atoms with E-state index in [1.807, 2.05) is 54.6 Å². The van der Waals surface area contributed by atoms with Crippen LogP contribution in [0.3, 0.4) is 0 Å². The summed E-state index contributed by atoms with van der Waals surface area (Å²) in [5.41, 5.74) is 2.80. The lowest BCUT2D eigenvalue weighted by atomic mass is 10.1. The number of nitrogens with zero attached hydrogens (tertiary/aromatic N) is 2. The summed E-state index contributed by atoms with van der Waals surface area (Å²) in [5.74, 6) is 0.728. The third-order valence-electron chi connectivity index (χ3n) is 3.10. The van der Waals surface area contributed by atoms with Gasteiger partial charge < -0.3 is 0 Å². The third kappa shape index (κ3) is 3.61. The molecule has 0 unspecified atom stereocenters. The number of rotatable bonds is 4. The first-order chi connectivity index (χ1) is 10.7. The Bertz CT molecular complexity index is 793. The molecule has 0 aliphatic rings. The minimum absolute atomic E-state index is 0.684. The van der Waals surface area contributed by atoms with Crippen LogP contribution in [0.25, 0.3) is 11.3 Å². The third-order valence-corrected chi connectivity index (χ3v) is 4.71. The molecule has 0 bridgehead atoms. The molecule has 0 saturated carbocycles. The van der Waals surface area contributed by atoms with Gasteiger partial charge in [0.05, 0.1) is 5.69 Å². The van der Waals surface area contributed by atoms with Crippen LogP contribution in [0.4, 0.5) is 0 Å². The first-order valence-corrected chi connectivity index (χ1v) is 8.42. The molecule has 0 spiro atoms. The standard InChI is InChI=1S/C17H12Cl2N2S/c18-14-7-3-1-5-12(14)11-22-17-20-10-9-16(21-17)13-6-2-4-8-15(13)19/h1-10H,11H2. The van der Waals surface area contributed by atoms with E-state index in [4.69, 9.17) is 23.2 Å². The molecule has 2 aromatic carbocycles. The fourth-order valence-electron chi connectivity index (χ4n) is 1.99. The molecule has 0 N–H and O–H groups in total. The summed E-state index contributed by atoms with van der Waals surface area (Å²) in [4.78, 5) is 8.88. The van der Waals surface area contributed by atoms with Crippen LogP contribution in [-0.2, 0) is 5.75 Å². The maximum Gasteiger partial charge on any atom is 0.188 e. The van der Waals surface area contributed by atoms with Crippen LogP contribution in [0, 0.1) is 0 Å². The van der Waals surface area contributed by atoms with Crippen LogP contribution < -0.4 is 0 Å². The van der Waals surface area contributed by atoms with Crippen LogP contribution in [0.15, 0.2) is 66.0 Å². The zero-order chi connectivity index (χ0) is 15.4. The smallest absolute Gasteiger partial charge is 0.188 e. The zero-order valence-corrected chi connectivity index (χ0v) is 13.9. The molecule has 0 aliphatic heterocycles. The molecule has 0 saturated heterocycles. The van der Waals surface area contributed by atoms with E-state index in [-0.39, 0.29) is 0 Å². The molecule has 3 aromatic rings. The summed E-state index contributed by atoms with van der Waals surface area (Å²) in [6.07, 6.45) is 1.75. The van der Waals surface area contributed by atoms with Crippen molar-refractivity contribution in [3.05, 3.63) is 76.4 Å². The maximum atomic E-state index is 6.22. The van der Waals surface area contributed by atoms with Gasteiger partial charge in [-0.05, 0) is 23.8 Å². The molecular formula is C17H12Cl2N2S. The van der Waals surface area contributed by atoms with Crippen molar-refractivity contribution in [3.8, 4) is 11.3 Å². The minimum atomic E-state index is 0.684. The first kappa shape index (κ1) is 15.3. The molecule has 0 amide bonds. The Hall–Kier alpha value is -1.55. The molecule has 3 rings (SSSR count). The van der Waals surface area contributed by atoms with E-state index < -0.39 is 0 Å². The molecule has 110 valence electrons. The van der Waals surface area contributed by atoms with Gasteiger partial charge in [-0.3, -0.25) is 0 Å². The van der Waals surface area contributed by atoms with Gasteiger partial charge in [0, 0.05) is 27.6 Å². The van der Waals surface area contributed by atoms with E-state index in [2.05, 4.69) is 9.97 Å². The van der Waals surface area contributed by atoms with Crippen molar-refractivity contribution in [3.63, 3.8) is 0 Å². The minimum Gasteiger partial charge on any atom is -0.231 e. The predicted octanol–water partition coefficient (Wildman–Crippen LogP) is 5.74. The van der Waals surface area contributed by atoms with Crippen LogP contribution in [0.2, 0.25) is 10.0 Å². The van der Waals surface area contributed by atoms with Gasteiger partial charge >= 0.3 is 0 Å². The van der Waals surface area contributed by atoms with E-state index >= 15 is 0 Å². The SMILES string of the molecule is Clc1ccccc1CSc1nccc(-c2ccccc2Cl)n1. The highest BCUT2D eigenvalue weighted by Crippen LogP contribution is 2.28. The molecule has 0 aliphatic carbocycles.